The molecule has 0 unspecified atom stereocenters. The molecule has 0 fully saturated rings. The van der Waals surface area contributed by atoms with Gasteiger partial charge in [0.2, 0.25) is 0 Å². The molecule has 1 aliphatic rings. The minimum absolute atomic E-state index is 0.205. The lowest BCUT2D eigenvalue weighted by atomic mass is 9.86. The van der Waals surface area contributed by atoms with Crippen LogP contribution in [0.25, 0.3) is 0 Å². The first-order valence-corrected chi connectivity index (χ1v) is 4.05. The number of hydrogen-bond acceptors (Lipinski definition) is 1. The Morgan fingerprint density at radius 1 is 1.45 bits per heavy atom. The summed E-state index contributed by atoms with van der Waals surface area (Å²) in [5.41, 5.74) is 1.54. The van der Waals surface area contributed by atoms with Gasteiger partial charge in [-0.25, -0.2) is 0 Å². The molecule has 1 rings (SSSR count). The molecule has 1 heteroatoms. The Hall–Kier alpha value is -0.720. The maximum atomic E-state index is 5.46. The van der Waals surface area contributed by atoms with Crippen molar-refractivity contribution in [3.05, 3.63) is 23.5 Å². The highest BCUT2D eigenvalue weighted by Crippen LogP contribution is 2.36. The summed E-state index contributed by atoms with van der Waals surface area (Å²) < 4.78 is 5.46. The van der Waals surface area contributed by atoms with Crippen LogP contribution in [-0.2, 0) is 4.74 Å². The van der Waals surface area contributed by atoms with Crippen molar-refractivity contribution >= 4 is 0 Å². The standard InChI is InChI=1S/C10H16O/c1-5-6-9-8(2)11-7-10(9,3)4/h5-6H,7H2,1-4H3. The van der Waals surface area contributed by atoms with Crippen molar-refractivity contribution in [2.45, 2.75) is 27.7 Å². The van der Waals surface area contributed by atoms with E-state index in [-0.39, 0.29) is 5.41 Å². The molecule has 1 heterocycles. The summed E-state index contributed by atoms with van der Waals surface area (Å²) in [7, 11) is 0. The second-order valence-electron chi connectivity index (χ2n) is 3.64. The van der Waals surface area contributed by atoms with Crippen LogP contribution >= 0.6 is 0 Å². The van der Waals surface area contributed by atoms with Crippen LogP contribution in [0.4, 0.5) is 0 Å². The van der Waals surface area contributed by atoms with Crippen LogP contribution in [0, 0.1) is 5.41 Å². The monoisotopic (exact) mass is 152 g/mol. The predicted octanol–water partition coefficient (Wildman–Crippen LogP) is 2.89. The van der Waals surface area contributed by atoms with Crippen molar-refractivity contribution in [2.75, 3.05) is 6.61 Å². The minimum Gasteiger partial charge on any atom is -0.497 e. The second-order valence-corrected chi connectivity index (χ2v) is 3.64. The maximum Gasteiger partial charge on any atom is 0.0969 e. The molecule has 0 bridgehead atoms. The van der Waals surface area contributed by atoms with Crippen molar-refractivity contribution in [3.8, 4) is 0 Å². The zero-order valence-electron chi connectivity index (χ0n) is 7.77. The summed E-state index contributed by atoms with van der Waals surface area (Å²) in [4.78, 5) is 0. The molecule has 0 aliphatic carbocycles. The third-order valence-corrected chi connectivity index (χ3v) is 2.09. The SMILES string of the molecule is CC=CC1=C(C)OCC1(C)C. The Morgan fingerprint density at radius 2 is 2.09 bits per heavy atom. The quantitative estimate of drug-likeness (QED) is 0.561. The van der Waals surface area contributed by atoms with Crippen LogP contribution in [0.1, 0.15) is 27.7 Å². The van der Waals surface area contributed by atoms with Gasteiger partial charge in [0.25, 0.3) is 0 Å². The van der Waals surface area contributed by atoms with Gasteiger partial charge in [-0.15, -0.1) is 0 Å². The maximum absolute atomic E-state index is 5.46. The van der Waals surface area contributed by atoms with Gasteiger partial charge in [0, 0.05) is 5.41 Å². The fraction of sp³-hybridized carbons (Fsp3) is 0.600. The average Bonchev–Trinajstić information content (AvgIpc) is 2.16. The van der Waals surface area contributed by atoms with Crippen LogP contribution in [0.5, 0.6) is 0 Å². The van der Waals surface area contributed by atoms with Crippen molar-refractivity contribution < 1.29 is 4.74 Å². The fourth-order valence-corrected chi connectivity index (χ4v) is 1.43. The van der Waals surface area contributed by atoms with Crippen LogP contribution in [0.2, 0.25) is 0 Å². The van der Waals surface area contributed by atoms with Gasteiger partial charge in [-0.1, -0.05) is 26.0 Å². The second kappa shape index (κ2) is 2.72. The molecular formula is C10H16O. The molecule has 1 aliphatic heterocycles. The molecule has 0 amide bonds. The largest absolute Gasteiger partial charge is 0.497 e. The van der Waals surface area contributed by atoms with E-state index in [1.165, 1.54) is 5.57 Å². The summed E-state index contributed by atoms with van der Waals surface area (Å²) in [5.74, 6) is 1.08. The van der Waals surface area contributed by atoms with E-state index >= 15 is 0 Å². The van der Waals surface area contributed by atoms with E-state index < -0.39 is 0 Å². The first-order chi connectivity index (χ1) is 5.08. The molecule has 0 N–H and O–H groups in total. The Morgan fingerprint density at radius 3 is 2.45 bits per heavy atom. The van der Waals surface area contributed by atoms with E-state index in [2.05, 4.69) is 26.0 Å². The molecule has 0 saturated heterocycles. The molecule has 0 aromatic rings. The minimum atomic E-state index is 0.205. The molecule has 0 atom stereocenters. The average molecular weight is 152 g/mol. The predicted molar refractivity (Wildman–Crippen MR) is 47.2 cm³/mol. The van der Waals surface area contributed by atoms with Crippen LogP contribution in [-0.4, -0.2) is 6.61 Å². The number of rotatable bonds is 1. The zero-order chi connectivity index (χ0) is 8.48. The first-order valence-electron chi connectivity index (χ1n) is 4.05. The Labute approximate surface area is 68.8 Å². The molecule has 62 valence electrons. The fourth-order valence-electron chi connectivity index (χ4n) is 1.43. The third-order valence-electron chi connectivity index (χ3n) is 2.09. The van der Waals surface area contributed by atoms with E-state index in [1.54, 1.807) is 0 Å². The lowest BCUT2D eigenvalue weighted by molar-refractivity contribution is 0.186. The van der Waals surface area contributed by atoms with Gasteiger partial charge in [0.15, 0.2) is 0 Å². The van der Waals surface area contributed by atoms with Gasteiger partial charge in [-0.3, -0.25) is 0 Å². The smallest absolute Gasteiger partial charge is 0.0969 e. The summed E-state index contributed by atoms with van der Waals surface area (Å²) in [6.07, 6.45) is 4.21. The molecule has 0 spiro atoms. The van der Waals surface area contributed by atoms with Gasteiger partial charge in [0.1, 0.15) is 0 Å². The van der Waals surface area contributed by atoms with Crippen LogP contribution < -0.4 is 0 Å². The number of allylic oxidation sites excluding steroid dienone is 3. The van der Waals surface area contributed by atoms with Gasteiger partial charge in [-0.05, 0) is 19.4 Å². The van der Waals surface area contributed by atoms with Gasteiger partial charge < -0.3 is 4.74 Å². The van der Waals surface area contributed by atoms with Crippen LogP contribution in [0.15, 0.2) is 23.5 Å². The number of ether oxygens (including phenoxy) is 1. The van der Waals surface area contributed by atoms with E-state index in [1.807, 2.05) is 13.8 Å². The molecule has 11 heavy (non-hydrogen) atoms. The van der Waals surface area contributed by atoms with E-state index in [4.69, 9.17) is 4.74 Å². The lowest BCUT2D eigenvalue weighted by Gasteiger charge is -2.16. The highest BCUT2D eigenvalue weighted by Gasteiger charge is 2.30. The molecular weight excluding hydrogens is 136 g/mol. The van der Waals surface area contributed by atoms with Crippen molar-refractivity contribution in [3.63, 3.8) is 0 Å². The zero-order valence-corrected chi connectivity index (χ0v) is 7.77. The summed E-state index contributed by atoms with van der Waals surface area (Å²) >= 11 is 0. The van der Waals surface area contributed by atoms with E-state index in [0.717, 1.165) is 12.4 Å². The van der Waals surface area contributed by atoms with E-state index in [0.29, 0.717) is 0 Å². The highest BCUT2D eigenvalue weighted by atomic mass is 16.5. The molecule has 0 aromatic heterocycles. The highest BCUT2D eigenvalue weighted by molar-refractivity contribution is 5.30. The van der Waals surface area contributed by atoms with Crippen molar-refractivity contribution in [1.29, 1.82) is 0 Å². The molecule has 0 saturated carbocycles. The van der Waals surface area contributed by atoms with E-state index in [9.17, 15) is 0 Å². The Balaban J connectivity index is 2.94. The van der Waals surface area contributed by atoms with Gasteiger partial charge in [-0.2, -0.15) is 0 Å². The summed E-state index contributed by atoms with van der Waals surface area (Å²) in [6, 6.07) is 0. The van der Waals surface area contributed by atoms with Crippen molar-refractivity contribution in [1.82, 2.24) is 0 Å². The molecule has 1 nitrogen and oxygen atoms in total. The Bertz CT molecular complexity index is 209. The van der Waals surface area contributed by atoms with Crippen LogP contribution in [0.3, 0.4) is 0 Å². The number of hydrogen-bond donors (Lipinski definition) is 0. The normalized spacial score (nSPS) is 22.9. The Kier molecular flexibility index (Phi) is 2.08. The van der Waals surface area contributed by atoms with Gasteiger partial charge >= 0.3 is 0 Å². The first kappa shape index (κ1) is 8.38. The van der Waals surface area contributed by atoms with Gasteiger partial charge in [0.05, 0.1) is 12.4 Å². The topological polar surface area (TPSA) is 9.23 Å². The molecule has 0 aromatic carbocycles. The summed E-state index contributed by atoms with van der Waals surface area (Å²) in [5, 5.41) is 0. The molecule has 0 radical (unpaired) electrons. The summed E-state index contributed by atoms with van der Waals surface area (Å²) in [6.45, 7) is 9.30. The van der Waals surface area contributed by atoms with Crippen molar-refractivity contribution in [2.24, 2.45) is 5.41 Å². The third kappa shape index (κ3) is 1.47. The lowest BCUT2D eigenvalue weighted by Crippen LogP contribution is -2.13.